The first-order chi connectivity index (χ1) is 12.3. The molecule has 27 heavy (non-hydrogen) atoms. The smallest absolute Gasteiger partial charge is 0.243 e. The number of hydrogen-bond acceptors (Lipinski definition) is 4. The maximum absolute atomic E-state index is 12.9. The van der Waals surface area contributed by atoms with E-state index in [0.29, 0.717) is 43.3 Å². The van der Waals surface area contributed by atoms with Crippen LogP contribution >= 0.6 is 12.4 Å². The molecule has 1 aromatic rings. The van der Waals surface area contributed by atoms with Gasteiger partial charge in [-0.1, -0.05) is 17.7 Å². The highest BCUT2D eigenvalue weighted by Crippen LogP contribution is 2.31. The Labute approximate surface area is 168 Å². The van der Waals surface area contributed by atoms with Gasteiger partial charge in [-0.05, 0) is 57.1 Å². The van der Waals surface area contributed by atoms with E-state index in [1.54, 1.807) is 6.07 Å². The van der Waals surface area contributed by atoms with Crippen LogP contribution in [0.15, 0.2) is 23.1 Å². The third kappa shape index (κ3) is 5.22. The van der Waals surface area contributed by atoms with Crippen LogP contribution in [0.4, 0.5) is 0 Å². The molecule has 3 rings (SSSR count). The molecule has 1 atom stereocenters. The van der Waals surface area contributed by atoms with E-state index in [0.717, 1.165) is 24.0 Å². The van der Waals surface area contributed by atoms with Crippen LogP contribution < -0.4 is 11.1 Å². The lowest BCUT2D eigenvalue weighted by Gasteiger charge is -2.31. The molecule has 2 fully saturated rings. The molecule has 0 bridgehead atoms. The summed E-state index contributed by atoms with van der Waals surface area (Å²) in [4.78, 5) is 12.7. The number of aryl methyl sites for hydroxylation is 2. The lowest BCUT2D eigenvalue weighted by atomic mass is 9.97. The molecule has 1 heterocycles. The predicted octanol–water partition coefficient (Wildman–Crippen LogP) is 1.98. The molecule has 1 aromatic carbocycles. The Hall–Kier alpha value is -1.15. The highest BCUT2D eigenvalue weighted by Gasteiger charge is 2.33. The molecule has 1 unspecified atom stereocenters. The summed E-state index contributed by atoms with van der Waals surface area (Å²) in [6.45, 7) is 5.04. The summed E-state index contributed by atoms with van der Waals surface area (Å²) in [5, 5.41) is 2.94. The van der Waals surface area contributed by atoms with Gasteiger partial charge in [0.1, 0.15) is 0 Å². The molecule has 0 spiro atoms. The first-order valence-electron chi connectivity index (χ1n) is 9.39. The van der Waals surface area contributed by atoms with Gasteiger partial charge < -0.3 is 11.1 Å². The second-order valence-corrected chi connectivity index (χ2v) is 9.60. The van der Waals surface area contributed by atoms with E-state index < -0.39 is 10.0 Å². The van der Waals surface area contributed by atoms with E-state index in [9.17, 15) is 13.2 Å². The van der Waals surface area contributed by atoms with Crippen LogP contribution in [0.25, 0.3) is 0 Å². The summed E-state index contributed by atoms with van der Waals surface area (Å²) < 4.78 is 27.3. The second kappa shape index (κ2) is 8.90. The minimum atomic E-state index is -3.51. The fourth-order valence-corrected chi connectivity index (χ4v) is 5.32. The Morgan fingerprint density at radius 2 is 1.85 bits per heavy atom. The minimum Gasteiger partial charge on any atom is -0.354 e. The Balaban J connectivity index is 0.00000261. The molecule has 1 aliphatic carbocycles. The van der Waals surface area contributed by atoms with Crippen LogP contribution in [0.2, 0.25) is 0 Å². The average molecular weight is 416 g/mol. The largest absolute Gasteiger partial charge is 0.354 e. The maximum Gasteiger partial charge on any atom is 0.243 e. The molecule has 3 N–H and O–H groups in total. The molecule has 6 nitrogen and oxygen atoms in total. The van der Waals surface area contributed by atoms with Gasteiger partial charge >= 0.3 is 0 Å². The van der Waals surface area contributed by atoms with E-state index in [2.05, 4.69) is 5.32 Å². The van der Waals surface area contributed by atoms with Gasteiger partial charge in [0.25, 0.3) is 0 Å². The fourth-order valence-electron chi connectivity index (χ4n) is 3.64. The number of piperidine rings is 1. The van der Waals surface area contributed by atoms with Crippen molar-refractivity contribution in [2.24, 2.45) is 17.6 Å². The number of hydrogen-bond donors (Lipinski definition) is 2. The van der Waals surface area contributed by atoms with Crippen molar-refractivity contribution in [3.05, 3.63) is 29.3 Å². The van der Waals surface area contributed by atoms with Crippen molar-refractivity contribution < 1.29 is 13.2 Å². The molecule has 1 saturated heterocycles. The van der Waals surface area contributed by atoms with Gasteiger partial charge in [0.15, 0.2) is 0 Å². The van der Waals surface area contributed by atoms with Crippen molar-refractivity contribution in [3.63, 3.8) is 0 Å². The van der Waals surface area contributed by atoms with Gasteiger partial charge in [-0.3, -0.25) is 4.79 Å². The number of amides is 1. The van der Waals surface area contributed by atoms with Crippen LogP contribution in [0, 0.1) is 25.7 Å². The average Bonchev–Trinajstić information content (AvgIpc) is 3.44. The molecule has 1 aliphatic heterocycles. The van der Waals surface area contributed by atoms with Crippen molar-refractivity contribution in [1.82, 2.24) is 9.62 Å². The minimum absolute atomic E-state index is 0. The van der Waals surface area contributed by atoms with Crippen molar-refractivity contribution >= 4 is 28.3 Å². The van der Waals surface area contributed by atoms with E-state index in [1.165, 1.54) is 4.31 Å². The van der Waals surface area contributed by atoms with Gasteiger partial charge in [0.05, 0.1) is 4.90 Å². The summed E-state index contributed by atoms with van der Waals surface area (Å²) in [5.41, 5.74) is 7.83. The first kappa shape index (κ1) is 22.1. The van der Waals surface area contributed by atoms with Gasteiger partial charge in [0, 0.05) is 31.6 Å². The summed E-state index contributed by atoms with van der Waals surface area (Å²) >= 11 is 0. The highest BCUT2D eigenvalue weighted by atomic mass is 35.5. The summed E-state index contributed by atoms with van der Waals surface area (Å²) in [5.74, 6) is 0.427. The first-order valence-corrected chi connectivity index (χ1v) is 10.8. The van der Waals surface area contributed by atoms with Crippen LogP contribution in [0.3, 0.4) is 0 Å². The fraction of sp³-hybridized carbons (Fsp3) is 0.632. The molecule has 152 valence electrons. The van der Waals surface area contributed by atoms with Crippen LogP contribution in [-0.4, -0.2) is 44.3 Å². The lowest BCUT2D eigenvalue weighted by Crippen LogP contribution is -2.45. The lowest BCUT2D eigenvalue weighted by molar-refractivity contribution is -0.126. The zero-order valence-electron chi connectivity index (χ0n) is 16.0. The van der Waals surface area contributed by atoms with Gasteiger partial charge in [-0.2, -0.15) is 4.31 Å². The van der Waals surface area contributed by atoms with Crippen molar-refractivity contribution in [2.45, 2.75) is 50.5 Å². The number of nitrogens with one attached hydrogen (secondary N) is 1. The topological polar surface area (TPSA) is 92.5 Å². The number of benzene rings is 1. The maximum atomic E-state index is 12.9. The Kier molecular flexibility index (Phi) is 7.30. The molecule has 1 saturated carbocycles. The number of sulfonamides is 1. The van der Waals surface area contributed by atoms with E-state index >= 15 is 0 Å². The molecule has 8 heteroatoms. The van der Waals surface area contributed by atoms with Crippen LogP contribution in [-0.2, 0) is 14.8 Å². The standard InChI is InChI=1S/C19H29N3O3S.ClH/c1-13-3-6-18(14(2)11-13)26(24,25)22-9-7-16(8-10-22)19(23)21-12-17(20)15-4-5-15;/h3,6,11,15-17H,4-5,7-10,12,20H2,1-2H3,(H,21,23);1H. The van der Waals surface area contributed by atoms with Crippen molar-refractivity contribution in [2.75, 3.05) is 19.6 Å². The predicted molar refractivity (Wildman–Crippen MR) is 108 cm³/mol. The molecule has 0 radical (unpaired) electrons. The number of carbonyl (C=O) groups is 1. The Morgan fingerprint density at radius 1 is 1.22 bits per heavy atom. The van der Waals surface area contributed by atoms with Crippen molar-refractivity contribution in [1.29, 1.82) is 0 Å². The Bertz CT molecular complexity index is 772. The molecular formula is C19H30ClN3O3S. The molecule has 1 amide bonds. The number of carbonyl (C=O) groups excluding carboxylic acids is 1. The van der Waals surface area contributed by atoms with E-state index in [4.69, 9.17) is 5.73 Å². The van der Waals surface area contributed by atoms with Gasteiger partial charge in [0.2, 0.25) is 15.9 Å². The third-order valence-corrected chi connectivity index (χ3v) is 7.57. The number of halogens is 1. The zero-order chi connectivity index (χ0) is 18.9. The summed E-state index contributed by atoms with van der Waals surface area (Å²) in [7, 11) is -3.51. The SMILES string of the molecule is Cc1ccc(S(=O)(=O)N2CCC(C(=O)NCC(N)C3CC3)CC2)c(C)c1.Cl. The normalized spacial score (nSPS) is 20.0. The number of nitrogens with two attached hydrogens (primary N) is 1. The summed E-state index contributed by atoms with van der Waals surface area (Å²) in [6.07, 6.45) is 3.42. The number of rotatable bonds is 6. The monoisotopic (exact) mass is 415 g/mol. The summed E-state index contributed by atoms with van der Waals surface area (Å²) in [6, 6.07) is 5.43. The van der Waals surface area contributed by atoms with Crippen molar-refractivity contribution in [3.8, 4) is 0 Å². The Morgan fingerprint density at radius 3 is 2.41 bits per heavy atom. The number of nitrogens with zero attached hydrogens (tertiary/aromatic N) is 1. The van der Waals surface area contributed by atoms with Crippen LogP contribution in [0.1, 0.15) is 36.8 Å². The second-order valence-electron chi connectivity index (χ2n) is 7.69. The molecule has 0 aromatic heterocycles. The quantitative estimate of drug-likeness (QED) is 0.742. The van der Waals surface area contributed by atoms with E-state index in [1.807, 2.05) is 26.0 Å². The van der Waals surface area contributed by atoms with Gasteiger partial charge in [-0.15, -0.1) is 12.4 Å². The molecular weight excluding hydrogens is 386 g/mol. The highest BCUT2D eigenvalue weighted by molar-refractivity contribution is 7.89. The van der Waals surface area contributed by atoms with E-state index in [-0.39, 0.29) is 30.3 Å². The van der Waals surface area contributed by atoms with Crippen LogP contribution in [0.5, 0.6) is 0 Å². The molecule has 2 aliphatic rings. The van der Waals surface area contributed by atoms with Gasteiger partial charge in [-0.25, -0.2) is 8.42 Å². The zero-order valence-corrected chi connectivity index (χ0v) is 17.6. The third-order valence-electron chi connectivity index (χ3n) is 5.51.